The molecule has 1 aromatic rings. The molecule has 3 N–H and O–H groups in total. The van der Waals surface area contributed by atoms with E-state index in [1.807, 2.05) is 25.1 Å². The number of hydrogen-bond donors (Lipinski definition) is 2. The molecular formula is C13H22N2. The summed E-state index contributed by atoms with van der Waals surface area (Å²) < 4.78 is 0. The third kappa shape index (κ3) is 3.82. The van der Waals surface area contributed by atoms with E-state index in [0.717, 1.165) is 29.4 Å². The van der Waals surface area contributed by atoms with Crippen LogP contribution < -0.4 is 11.1 Å². The highest BCUT2D eigenvalue weighted by Crippen LogP contribution is 2.21. The van der Waals surface area contributed by atoms with Crippen molar-refractivity contribution in [3.05, 3.63) is 23.8 Å². The molecule has 2 heteroatoms. The lowest BCUT2D eigenvalue weighted by atomic mass is 10.1. The first-order valence-corrected chi connectivity index (χ1v) is 5.70. The molecule has 15 heavy (non-hydrogen) atoms. The number of nitrogens with two attached hydrogens (primary N) is 1. The Hall–Kier alpha value is -1.18. The lowest BCUT2D eigenvalue weighted by Crippen LogP contribution is -2.06. The van der Waals surface area contributed by atoms with Crippen molar-refractivity contribution >= 4 is 11.4 Å². The van der Waals surface area contributed by atoms with Crippen LogP contribution in [0.1, 0.15) is 32.3 Å². The van der Waals surface area contributed by atoms with Crippen molar-refractivity contribution in [1.29, 1.82) is 0 Å². The number of nitrogens with one attached hydrogen (secondary N) is 1. The Morgan fingerprint density at radius 1 is 1.33 bits per heavy atom. The van der Waals surface area contributed by atoms with Crippen LogP contribution in [-0.2, 0) is 0 Å². The number of hydrogen-bond acceptors (Lipinski definition) is 2. The van der Waals surface area contributed by atoms with Gasteiger partial charge in [0.25, 0.3) is 0 Å². The van der Waals surface area contributed by atoms with Gasteiger partial charge in [-0.2, -0.15) is 0 Å². The number of aryl methyl sites for hydroxylation is 1. The van der Waals surface area contributed by atoms with Gasteiger partial charge in [-0.05, 0) is 37.3 Å². The average Bonchev–Trinajstić information content (AvgIpc) is 2.18. The number of para-hydroxylation sites is 1. The van der Waals surface area contributed by atoms with Crippen molar-refractivity contribution in [1.82, 2.24) is 0 Å². The van der Waals surface area contributed by atoms with Crippen LogP contribution in [0, 0.1) is 12.8 Å². The smallest absolute Gasteiger partial charge is 0.0579 e. The summed E-state index contributed by atoms with van der Waals surface area (Å²) in [5.41, 5.74) is 9.05. The molecule has 0 aliphatic rings. The molecule has 84 valence electrons. The summed E-state index contributed by atoms with van der Waals surface area (Å²) in [7, 11) is 0. The van der Waals surface area contributed by atoms with Crippen molar-refractivity contribution in [3.8, 4) is 0 Å². The minimum atomic E-state index is 0.779. The van der Waals surface area contributed by atoms with Gasteiger partial charge in [-0.3, -0.25) is 0 Å². The molecule has 0 saturated carbocycles. The van der Waals surface area contributed by atoms with E-state index in [9.17, 15) is 0 Å². The van der Waals surface area contributed by atoms with E-state index < -0.39 is 0 Å². The van der Waals surface area contributed by atoms with Crippen LogP contribution in [0.4, 0.5) is 11.4 Å². The van der Waals surface area contributed by atoms with Crippen LogP contribution in [0.3, 0.4) is 0 Å². The quantitative estimate of drug-likeness (QED) is 0.572. The minimum Gasteiger partial charge on any atom is -0.397 e. The van der Waals surface area contributed by atoms with E-state index in [4.69, 9.17) is 5.73 Å². The molecule has 0 amide bonds. The van der Waals surface area contributed by atoms with Gasteiger partial charge in [-0.25, -0.2) is 0 Å². The summed E-state index contributed by atoms with van der Waals surface area (Å²) in [6.45, 7) is 7.54. The predicted octanol–water partition coefficient (Wildman–Crippen LogP) is 3.43. The summed E-state index contributed by atoms with van der Waals surface area (Å²) in [5.74, 6) is 0.779. The number of rotatable bonds is 5. The van der Waals surface area contributed by atoms with Crippen molar-refractivity contribution in [2.75, 3.05) is 17.6 Å². The van der Waals surface area contributed by atoms with E-state index in [0.29, 0.717) is 0 Å². The zero-order chi connectivity index (χ0) is 11.3. The van der Waals surface area contributed by atoms with Gasteiger partial charge in [0, 0.05) is 6.54 Å². The van der Waals surface area contributed by atoms with E-state index in [1.54, 1.807) is 0 Å². The van der Waals surface area contributed by atoms with Gasteiger partial charge in [0.05, 0.1) is 11.4 Å². The van der Waals surface area contributed by atoms with Gasteiger partial charge in [0.1, 0.15) is 0 Å². The van der Waals surface area contributed by atoms with Gasteiger partial charge < -0.3 is 11.1 Å². The normalized spacial score (nSPS) is 10.7. The van der Waals surface area contributed by atoms with Crippen LogP contribution in [0.5, 0.6) is 0 Å². The topological polar surface area (TPSA) is 38.0 Å². The van der Waals surface area contributed by atoms with E-state index in [1.165, 1.54) is 12.8 Å². The first-order chi connectivity index (χ1) is 7.11. The monoisotopic (exact) mass is 206 g/mol. The molecule has 0 spiro atoms. The minimum absolute atomic E-state index is 0.779. The molecule has 0 unspecified atom stereocenters. The molecule has 0 fully saturated rings. The number of benzene rings is 1. The van der Waals surface area contributed by atoms with Crippen molar-refractivity contribution in [3.63, 3.8) is 0 Å². The van der Waals surface area contributed by atoms with Crippen LogP contribution >= 0.6 is 0 Å². The molecule has 0 aliphatic heterocycles. The number of anilines is 2. The van der Waals surface area contributed by atoms with Crippen molar-refractivity contribution in [2.24, 2.45) is 5.92 Å². The predicted molar refractivity (Wildman–Crippen MR) is 68.2 cm³/mol. The van der Waals surface area contributed by atoms with Gasteiger partial charge in [-0.1, -0.05) is 26.0 Å². The second kappa shape index (κ2) is 5.64. The Bertz CT molecular complexity index is 305. The summed E-state index contributed by atoms with van der Waals surface area (Å²) in [6, 6.07) is 6.11. The Balaban J connectivity index is 2.41. The maximum atomic E-state index is 5.96. The summed E-state index contributed by atoms with van der Waals surface area (Å²) in [6.07, 6.45) is 2.46. The zero-order valence-corrected chi connectivity index (χ0v) is 10.0. The third-order valence-electron chi connectivity index (χ3n) is 2.60. The molecule has 0 atom stereocenters. The molecule has 0 saturated heterocycles. The van der Waals surface area contributed by atoms with E-state index >= 15 is 0 Å². The van der Waals surface area contributed by atoms with Crippen LogP contribution in [-0.4, -0.2) is 6.54 Å². The van der Waals surface area contributed by atoms with Crippen LogP contribution in [0.2, 0.25) is 0 Å². The van der Waals surface area contributed by atoms with Gasteiger partial charge in [-0.15, -0.1) is 0 Å². The maximum Gasteiger partial charge on any atom is 0.0579 e. The highest BCUT2D eigenvalue weighted by atomic mass is 14.9. The van der Waals surface area contributed by atoms with Gasteiger partial charge >= 0.3 is 0 Å². The molecule has 2 nitrogen and oxygen atoms in total. The van der Waals surface area contributed by atoms with Crippen molar-refractivity contribution < 1.29 is 0 Å². The number of nitrogen functional groups attached to an aromatic ring is 1. The Labute approximate surface area is 92.9 Å². The molecule has 1 aromatic carbocycles. The molecule has 1 rings (SSSR count). The summed E-state index contributed by atoms with van der Waals surface area (Å²) >= 11 is 0. The second-order valence-corrected chi connectivity index (χ2v) is 4.50. The Kier molecular flexibility index (Phi) is 4.47. The zero-order valence-electron chi connectivity index (χ0n) is 10.0. The molecule has 0 heterocycles. The first-order valence-electron chi connectivity index (χ1n) is 5.70. The van der Waals surface area contributed by atoms with Crippen LogP contribution in [0.25, 0.3) is 0 Å². The summed E-state index contributed by atoms with van der Waals surface area (Å²) in [5, 5.41) is 3.38. The molecule has 0 radical (unpaired) electrons. The molecule has 0 aliphatic carbocycles. The first kappa shape index (κ1) is 11.9. The van der Waals surface area contributed by atoms with Gasteiger partial charge in [0.15, 0.2) is 0 Å². The second-order valence-electron chi connectivity index (χ2n) is 4.50. The fourth-order valence-electron chi connectivity index (χ4n) is 1.57. The van der Waals surface area contributed by atoms with Crippen LogP contribution in [0.15, 0.2) is 18.2 Å². The lowest BCUT2D eigenvalue weighted by molar-refractivity contribution is 0.567. The fourth-order valence-corrected chi connectivity index (χ4v) is 1.57. The van der Waals surface area contributed by atoms with E-state index in [2.05, 4.69) is 19.2 Å². The Morgan fingerprint density at radius 3 is 2.73 bits per heavy atom. The van der Waals surface area contributed by atoms with E-state index in [-0.39, 0.29) is 0 Å². The lowest BCUT2D eigenvalue weighted by Gasteiger charge is -2.11. The SMILES string of the molecule is Cc1cccc(NCCCC(C)C)c1N. The standard InChI is InChI=1S/C13H22N2/c1-10(2)6-5-9-15-12-8-4-7-11(3)13(12)14/h4,7-8,10,15H,5-6,9,14H2,1-3H3. The maximum absolute atomic E-state index is 5.96. The molecule has 0 aromatic heterocycles. The average molecular weight is 206 g/mol. The van der Waals surface area contributed by atoms with Gasteiger partial charge in [0.2, 0.25) is 0 Å². The van der Waals surface area contributed by atoms with Crippen molar-refractivity contribution in [2.45, 2.75) is 33.6 Å². The summed E-state index contributed by atoms with van der Waals surface area (Å²) in [4.78, 5) is 0. The molecular weight excluding hydrogens is 184 g/mol. The highest BCUT2D eigenvalue weighted by Gasteiger charge is 2.00. The largest absolute Gasteiger partial charge is 0.397 e. The highest BCUT2D eigenvalue weighted by molar-refractivity contribution is 5.69. The molecule has 0 bridgehead atoms. The third-order valence-corrected chi connectivity index (χ3v) is 2.60. The Morgan fingerprint density at radius 2 is 2.07 bits per heavy atom. The fraction of sp³-hybridized carbons (Fsp3) is 0.538.